The van der Waals surface area contributed by atoms with Crippen LogP contribution in [-0.2, 0) is 4.79 Å². The van der Waals surface area contributed by atoms with Crippen LogP contribution in [0.4, 0.5) is 0 Å². The van der Waals surface area contributed by atoms with Gasteiger partial charge in [0.05, 0.1) is 23.1 Å². The summed E-state index contributed by atoms with van der Waals surface area (Å²) in [5, 5.41) is 16.6. The van der Waals surface area contributed by atoms with Crippen LogP contribution < -0.4 is 5.32 Å². The molecule has 1 amide bonds. The lowest BCUT2D eigenvalue weighted by Crippen LogP contribution is -2.25. The van der Waals surface area contributed by atoms with Gasteiger partial charge in [0.2, 0.25) is 0 Å². The number of unbranched alkanes of at least 4 members (excludes halogenated alkanes) is 3. The number of aromatic nitrogens is 2. The van der Waals surface area contributed by atoms with Gasteiger partial charge in [-0.15, -0.1) is 0 Å². The number of amides is 1. The predicted octanol–water partition coefficient (Wildman–Crippen LogP) is 4.41. The van der Waals surface area contributed by atoms with E-state index in [2.05, 4.69) is 10.4 Å². The zero-order valence-electron chi connectivity index (χ0n) is 15.7. The molecular formula is C20H26ClN3O3. The number of aliphatic carboxylic acids is 1. The lowest BCUT2D eigenvalue weighted by molar-refractivity contribution is -0.137. The van der Waals surface area contributed by atoms with E-state index in [0.29, 0.717) is 23.6 Å². The molecule has 6 nitrogen and oxygen atoms in total. The second kappa shape index (κ2) is 10.1. The molecule has 0 aliphatic rings. The van der Waals surface area contributed by atoms with E-state index < -0.39 is 5.97 Å². The van der Waals surface area contributed by atoms with Gasteiger partial charge >= 0.3 is 5.97 Å². The van der Waals surface area contributed by atoms with Crippen molar-refractivity contribution in [2.24, 2.45) is 0 Å². The summed E-state index contributed by atoms with van der Waals surface area (Å²) in [5.41, 5.74) is 2.23. The van der Waals surface area contributed by atoms with Crippen LogP contribution in [0.3, 0.4) is 0 Å². The van der Waals surface area contributed by atoms with Crippen molar-refractivity contribution in [3.8, 4) is 5.69 Å². The molecule has 7 heteroatoms. The molecule has 2 N–H and O–H groups in total. The average molecular weight is 392 g/mol. The Morgan fingerprint density at radius 2 is 1.96 bits per heavy atom. The summed E-state index contributed by atoms with van der Waals surface area (Å²) in [5.74, 6) is -0.790. The second-order valence-electron chi connectivity index (χ2n) is 6.80. The van der Waals surface area contributed by atoms with Crippen LogP contribution in [0.25, 0.3) is 5.69 Å². The van der Waals surface area contributed by atoms with Crippen LogP contribution in [0.15, 0.2) is 30.5 Å². The molecule has 1 heterocycles. The standard InChI is InChI=1S/C20H26ClN3O3/c1-14(2)19-17(13-23-24(19)16-9-7-8-15(21)12-16)20(27)22-11-6-4-3-5-10-18(25)26/h7-9,12-14H,3-6,10-11H2,1-2H3,(H,22,27)(H,25,26). The molecule has 0 aliphatic carbocycles. The molecule has 27 heavy (non-hydrogen) atoms. The third-order valence-corrected chi connectivity index (χ3v) is 4.49. The van der Waals surface area contributed by atoms with Crippen molar-refractivity contribution >= 4 is 23.5 Å². The summed E-state index contributed by atoms with van der Waals surface area (Å²) in [6, 6.07) is 7.38. The number of nitrogens with zero attached hydrogens (tertiary/aromatic N) is 2. The van der Waals surface area contributed by atoms with Crippen LogP contribution in [0.5, 0.6) is 0 Å². The summed E-state index contributed by atoms with van der Waals surface area (Å²) >= 11 is 6.08. The second-order valence-corrected chi connectivity index (χ2v) is 7.24. The number of hydrogen-bond donors (Lipinski definition) is 2. The van der Waals surface area contributed by atoms with E-state index in [1.54, 1.807) is 16.9 Å². The fraction of sp³-hybridized carbons (Fsp3) is 0.450. The highest BCUT2D eigenvalue weighted by atomic mass is 35.5. The first-order chi connectivity index (χ1) is 12.9. The predicted molar refractivity (Wildman–Crippen MR) is 106 cm³/mol. The van der Waals surface area contributed by atoms with Crippen molar-refractivity contribution in [3.63, 3.8) is 0 Å². The number of halogens is 1. The first kappa shape index (κ1) is 21.0. The number of rotatable bonds is 10. The van der Waals surface area contributed by atoms with Crippen LogP contribution in [0.1, 0.15) is 67.9 Å². The molecule has 1 aromatic heterocycles. The molecule has 0 atom stereocenters. The molecule has 0 spiro atoms. The molecular weight excluding hydrogens is 366 g/mol. The van der Waals surface area contributed by atoms with Gasteiger partial charge in [-0.2, -0.15) is 5.10 Å². The Bertz CT molecular complexity index is 787. The maximum Gasteiger partial charge on any atom is 0.303 e. The van der Waals surface area contributed by atoms with Crippen LogP contribution in [-0.4, -0.2) is 33.3 Å². The smallest absolute Gasteiger partial charge is 0.303 e. The number of carbonyl (C=O) groups excluding carboxylic acids is 1. The van der Waals surface area contributed by atoms with Crippen molar-refractivity contribution < 1.29 is 14.7 Å². The summed E-state index contributed by atoms with van der Waals surface area (Å²) in [6.07, 6.45) is 5.04. The maximum absolute atomic E-state index is 12.6. The van der Waals surface area contributed by atoms with Crippen molar-refractivity contribution in [2.45, 2.75) is 51.9 Å². The van der Waals surface area contributed by atoms with Gasteiger partial charge in [-0.25, -0.2) is 4.68 Å². The summed E-state index contributed by atoms with van der Waals surface area (Å²) in [7, 11) is 0. The fourth-order valence-electron chi connectivity index (χ4n) is 2.95. The minimum absolute atomic E-state index is 0.114. The molecule has 0 saturated carbocycles. The van der Waals surface area contributed by atoms with Gasteiger partial charge in [-0.05, 0) is 37.0 Å². The number of benzene rings is 1. The lowest BCUT2D eigenvalue weighted by atomic mass is 10.0. The van der Waals surface area contributed by atoms with E-state index in [-0.39, 0.29) is 18.2 Å². The lowest BCUT2D eigenvalue weighted by Gasteiger charge is -2.13. The fourth-order valence-corrected chi connectivity index (χ4v) is 3.14. The number of carboxylic acids is 1. The van der Waals surface area contributed by atoms with Crippen molar-refractivity contribution in [2.75, 3.05) is 6.54 Å². The largest absolute Gasteiger partial charge is 0.481 e. The third-order valence-electron chi connectivity index (χ3n) is 4.25. The SMILES string of the molecule is CC(C)c1c(C(=O)NCCCCCCC(=O)O)cnn1-c1cccc(Cl)c1. The Morgan fingerprint density at radius 3 is 2.63 bits per heavy atom. The minimum atomic E-state index is -0.763. The van der Waals surface area contributed by atoms with Crippen molar-refractivity contribution in [1.82, 2.24) is 15.1 Å². The van der Waals surface area contributed by atoms with E-state index in [4.69, 9.17) is 16.7 Å². The van der Waals surface area contributed by atoms with Gasteiger partial charge in [0, 0.05) is 18.0 Å². The summed E-state index contributed by atoms with van der Waals surface area (Å²) in [4.78, 5) is 23.1. The molecule has 0 radical (unpaired) electrons. The van der Waals surface area contributed by atoms with Crippen LogP contribution in [0, 0.1) is 0 Å². The Labute approximate surface area is 164 Å². The van der Waals surface area contributed by atoms with Gasteiger partial charge in [-0.1, -0.05) is 44.4 Å². The quantitative estimate of drug-likeness (QED) is 0.587. The zero-order chi connectivity index (χ0) is 19.8. The van der Waals surface area contributed by atoms with Crippen LogP contribution >= 0.6 is 11.6 Å². The molecule has 0 aliphatic heterocycles. The molecule has 0 unspecified atom stereocenters. The van der Waals surface area contributed by atoms with E-state index >= 15 is 0 Å². The van der Waals surface area contributed by atoms with E-state index in [9.17, 15) is 9.59 Å². The maximum atomic E-state index is 12.6. The number of nitrogens with one attached hydrogen (secondary N) is 1. The van der Waals surface area contributed by atoms with Gasteiger partial charge in [0.15, 0.2) is 0 Å². The van der Waals surface area contributed by atoms with Crippen LogP contribution in [0.2, 0.25) is 5.02 Å². The zero-order valence-corrected chi connectivity index (χ0v) is 16.5. The average Bonchev–Trinajstić information content (AvgIpc) is 3.06. The molecule has 146 valence electrons. The molecule has 0 saturated heterocycles. The monoisotopic (exact) mass is 391 g/mol. The number of carbonyl (C=O) groups is 2. The topological polar surface area (TPSA) is 84.2 Å². The molecule has 2 rings (SSSR count). The summed E-state index contributed by atoms with van der Waals surface area (Å²) < 4.78 is 1.76. The third kappa shape index (κ3) is 6.10. The molecule has 1 aromatic carbocycles. The normalized spacial score (nSPS) is 11.0. The van der Waals surface area contributed by atoms with E-state index in [1.807, 2.05) is 32.0 Å². The Kier molecular flexibility index (Phi) is 7.85. The van der Waals surface area contributed by atoms with Gasteiger partial charge < -0.3 is 10.4 Å². The highest BCUT2D eigenvalue weighted by molar-refractivity contribution is 6.30. The first-order valence-electron chi connectivity index (χ1n) is 9.24. The van der Waals surface area contributed by atoms with Crippen molar-refractivity contribution in [1.29, 1.82) is 0 Å². The molecule has 0 bridgehead atoms. The summed E-state index contributed by atoms with van der Waals surface area (Å²) in [6.45, 7) is 4.61. The molecule has 0 fully saturated rings. The Morgan fingerprint density at radius 1 is 1.22 bits per heavy atom. The highest BCUT2D eigenvalue weighted by Crippen LogP contribution is 2.24. The minimum Gasteiger partial charge on any atom is -0.481 e. The number of hydrogen-bond acceptors (Lipinski definition) is 3. The Hall–Kier alpha value is -2.34. The Balaban J connectivity index is 1.97. The first-order valence-corrected chi connectivity index (χ1v) is 9.61. The molecule has 2 aromatic rings. The van der Waals surface area contributed by atoms with Crippen molar-refractivity contribution in [3.05, 3.63) is 46.7 Å². The highest BCUT2D eigenvalue weighted by Gasteiger charge is 2.20. The van der Waals surface area contributed by atoms with Gasteiger partial charge in [-0.3, -0.25) is 9.59 Å². The van der Waals surface area contributed by atoms with E-state index in [0.717, 1.165) is 30.6 Å². The number of carboxylic acid groups (broad SMARTS) is 1. The van der Waals surface area contributed by atoms with Gasteiger partial charge in [0.25, 0.3) is 5.91 Å². The van der Waals surface area contributed by atoms with Gasteiger partial charge in [0.1, 0.15) is 0 Å². The van der Waals surface area contributed by atoms with E-state index in [1.165, 1.54) is 0 Å².